The zero-order chi connectivity index (χ0) is 18.7. The Bertz CT molecular complexity index is 719. The van der Waals surface area contributed by atoms with Crippen molar-refractivity contribution in [3.63, 3.8) is 0 Å². The first kappa shape index (κ1) is 19.4. The van der Waals surface area contributed by atoms with Crippen LogP contribution in [0.5, 0.6) is 0 Å². The maximum atomic E-state index is 12.9. The van der Waals surface area contributed by atoms with Crippen LogP contribution in [-0.2, 0) is 29.3 Å². The first-order chi connectivity index (χ1) is 11.6. The van der Waals surface area contributed by atoms with E-state index in [-0.39, 0.29) is 23.8 Å². The van der Waals surface area contributed by atoms with Gasteiger partial charge in [0, 0.05) is 17.1 Å². The number of rotatable bonds is 5. The van der Waals surface area contributed by atoms with Gasteiger partial charge in [-0.15, -0.1) is 11.8 Å². The summed E-state index contributed by atoms with van der Waals surface area (Å²) in [4.78, 5) is 11.3. The second kappa shape index (κ2) is 7.51. The first-order valence-electron chi connectivity index (χ1n) is 7.04. The fraction of sp³-hybridized carbons (Fsp3) is 0.235. The quantitative estimate of drug-likeness (QED) is 0.374. The van der Waals surface area contributed by atoms with Crippen LogP contribution in [0.4, 0.5) is 26.3 Å². The summed E-state index contributed by atoms with van der Waals surface area (Å²) in [6.45, 7) is 0. The van der Waals surface area contributed by atoms with E-state index in [1.807, 2.05) is 0 Å². The standard InChI is InChI=1S/C17H12F6OS/c18-16(19,20)13-7-11(8-14(9-13)17(21,22)23)10-25-15-4-2-1-3-12(15)5-6-24/h1-4,6-9H,5,10H2. The molecule has 25 heavy (non-hydrogen) atoms. The van der Waals surface area contributed by atoms with E-state index < -0.39 is 23.5 Å². The van der Waals surface area contributed by atoms with Crippen LogP contribution in [0.2, 0.25) is 0 Å². The topological polar surface area (TPSA) is 17.1 Å². The summed E-state index contributed by atoms with van der Waals surface area (Å²) in [5.74, 6) is -0.0805. The Labute approximate surface area is 144 Å². The fourth-order valence-corrected chi connectivity index (χ4v) is 3.17. The van der Waals surface area contributed by atoms with Gasteiger partial charge in [-0.2, -0.15) is 26.3 Å². The largest absolute Gasteiger partial charge is 0.416 e. The lowest BCUT2D eigenvalue weighted by Crippen LogP contribution is -2.11. The Morgan fingerprint density at radius 1 is 0.880 bits per heavy atom. The van der Waals surface area contributed by atoms with Gasteiger partial charge in [0.1, 0.15) is 6.29 Å². The maximum absolute atomic E-state index is 12.9. The first-order valence-corrected chi connectivity index (χ1v) is 8.02. The fourth-order valence-electron chi connectivity index (χ4n) is 2.17. The lowest BCUT2D eigenvalue weighted by molar-refractivity contribution is -0.143. The van der Waals surface area contributed by atoms with Gasteiger partial charge in [0.05, 0.1) is 11.1 Å². The molecule has 0 saturated heterocycles. The summed E-state index contributed by atoms with van der Waals surface area (Å²) < 4.78 is 77.1. The minimum atomic E-state index is -4.86. The number of alkyl halides is 6. The Balaban J connectivity index is 2.32. The molecular weight excluding hydrogens is 366 g/mol. The molecule has 2 aromatic rings. The van der Waals surface area contributed by atoms with Crippen LogP contribution in [0.15, 0.2) is 47.4 Å². The minimum Gasteiger partial charge on any atom is -0.303 e. The van der Waals surface area contributed by atoms with Crippen LogP contribution < -0.4 is 0 Å². The molecule has 134 valence electrons. The van der Waals surface area contributed by atoms with Crippen molar-refractivity contribution >= 4 is 18.0 Å². The highest BCUT2D eigenvalue weighted by Gasteiger charge is 2.36. The van der Waals surface area contributed by atoms with Crippen molar-refractivity contribution in [2.75, 3.05) is 0 Å². The average Bonchev–Trinajstić information content (AvgIpc) is 2.52. The normalized spacial score (nSPS) is 12.2. The zero-order valence-corrected chi connectivity index (χ0v) is 13.4. The lowest BCUT2D eigenvalue weighted by Gasteiger charge is -2.14. The number of benzene rings is 2. The van der Waals surface area contributed by atoms with Crippen molar-refractivity contribution < 1.29 is 31.1 Å². The SMILES string of the molecule is O=CCc1ccccc1SCc1cc(C(F)(F)F)cc(C(F)(F)F)c1. The molecular formula is C17H12F6OS. The minimum absolute atomic E-state index is 0.0805. The molecule has 0 amide bonds. The summed E-state index contributed by atoms with van der Waals surface area (Å²) in [5.41, 5.74) is -2.09. The average molecular weight is 378 g/mol. The van der Waals surface area contributed by atoms with Crippen molar-refractivity contribution in [2.24, 2.45) is 0 Å². The summed E-state index contributed by atoms with van der Waals surface area (Å²) >= 11 is 1.09. The molecule has 2 aromatic carbocycles. The molecule has 0 N–H and O–H groups in total. The van der Waals surface area contributed by atoms with Gasteiger partial charge in [-0.1, -0.05) is 18.2 Å². The van der Waals surface area contributed by atoms with Gasteiger partial charge >= 0.3 is 12.4 Å². The van der Waals surface area contributed by atoms with Crippen LogP contribution in [0.3, 0.4) is 0 Å². The molecule has 8 heteroatoms. The Morgan fingerprint density at radius 2 is 1.44 bits per heavy atom. The van der Waals surface area contributed by atoms with Crippen molar-refractivity contribution in [2.45, 2.75) is 29.4 Å². The lowest BCUT2D eigenvalue weighted by atomic mass is 10.1. The predicted molar refractivity (Wildman–Crippen MR) is 82.2 cm³/mol. The highest BCUT2D eigenvalue weighted by atomic mass is 32.2. The van der Waals surface area contributed by atoms with E-state index in [4.69, 9.17) is 0 Å². The molecule has 0 radical (unpaired) electrons. The van der Waals surface area contributed by atoms with Crippen molar-refractivity contribution in [1.82, 2.24) is 0 Å². The Hall–Kier alpha value is -1.96. The molecule has 0 aliphatic rings. The van der Waals surface area contributed by atoms with E-state index in [9.17, 15) is 31.1 Å². The molecule has 0 fully saturated rings. The van der Waals surface area contributed by atoms with Gasteiger partial charge in [0.15, 0.2) is 0 Å². The number of halogens is 6. The van der Waals surface area contributed by atoms with Gasteiger partial charge in [-0.25, -0.2) is 0 Å². The van der Waals surface area contributed by atoms with Crippen LogP contribution in [0, 0.1) is 0 Å². The van der Waals surface area contributed by atoms with Gasteiger partial charge in [-0.05, 0) is 35.4 Å². The van der Waals surface area contributed by atoms with Gasteiger partial charge in [-0.3, -0.25) is 0 Å². The van der Waals surface area contributed by atoms with E-state index >= 15 is 0 Å². The number of carbonyl (C=O) groups excluding carboxylic acids is 1. The van der Waals surface area contributed by atoms with Gasteiger partial charge in [0.2, 0.25) is 0 Å². The maximum Gasteiger partial charge on any atom is 0.416 e. The highest BCUT2D eigenvalue weighted by molar-refractivity contribution is 7.98. The van der Waals surface area contributed by atoms with E-state index in [0.29, 0.717) is 28.9 Å². The van der Waals surface area contributed by atoms with Crippen LogP contribution >= 0.6 is 11.8 Å². The third kappa shape index (κ3) is 5.26. The molecule has 0 heterocycles. The number of hydrogen-bond donors (Lipinski definition) is 0. The number of hydrogen-bond acceptors (Lipinski definition) is 2. The summed E-state index contributed by atoms with van der Waals surface area (Å²) in [5, 5.41) is 0. The van der Waals surface area contributed by atoms with E-state index in [2.05, 4.69) is 0 Å². The molecule has 0 bridgehead atoms. The molecule has 0 aromatic heterocycles. The molecule has 1 nitrogen and oxygen atoms in total. The number of carbonyl (C=O) groups is 1. The van der Waals surface area contributed by atoms with Crippen LogP contribution in [0.1, 0.15) is 22.3 Å². The second-order valence-electron chi connectivity index (χ2n) is 5.18. The van der Waals surface area contributed by atoms with Gasteiger partial charge < -0.3 is 4.79 Å². The number of thioether (sulfide) groups is 1. The third-order valence-electron chi connectivity index (χ3n) is 3.32. The van der Waals surface area contributed by atoms with Crippen molar-refractivity contribution in [1.29, 1.82) is 0 Å². The molecule has 0 spiro atoms. The molecule has 0 saturated carbocycles. The summed E-state index contributed by atoms with van der Waals surface area (Å²) in [7, 11) is 0. The monoisotopic (exact) mass is 378 g/mol. The zero-order valence-electron chi connectivity index (χ0n) is 12.6. The van der Waals surface area contributed by atoms with Crippen LogP contribution in [0.25, 0.3) is 0 Å². The Morgan fingerprint density at radius 3 is 1.96 bits per heavy atom. The molecule has 2 rings (SSSR count). The van der Waals surface area contributed by atoms with E-state index in [0.717, 1.165) is 11.8 Å². The smallest absolute Gasteiger partial charge is 0.303 e. The van der Waals surface area contributed by atoms with E-state index in [1.165, 1.54) is 0 Å². The van der Waals surface area contributed by atoms with Gasteiger partial charge in [0.25, 0.3) is 0 Å². The number of aldehydes is 1. The highest BCUT2D eigenvalue weighted by Crippen LogP contribution is 2.37. The third-order valence-corrected chi connectivity index (χ3v) is 4.50. The summed E-state index contributed by atoms with van der Waals surface area (Å²) in [6.07, 6.45) is -8.92. The second-order valence-corrected chi connectivity index (χ2v) is 6.20. The summed E-state index contributed by atoms with van der Waals surface area (Å²) in [6, 6.07) is 8.27. The van der Waals surface area contributed by atoms with Crippen LogP contribution in [-0.4, -0.2) is 6.29 Å². The van der Waals surface area contributed by atoms with E-state index in [1.54, 1.807) is 24.3 Å². The van der Waals surface area contributed by atoms with Crippen molar-refractivity contribution in [3.05, 3.63) is 64.7 Å². The predicted octanol–water partition coefficient (Wildman–Crippen LogP) is 5.76. The molecule has 0 aliphatic carbocycles. The molecule has 0 atom stereocenters. The molecule has 0 unspecified atom stereocenters. The molecule has 0 aliphatic heterocycles. The Kier molecular flexibility index (Phi) is 5.82. The van der Waals surface area contributed by atoms with Crippen molar-refractivity contribution in [3.8, 4) is 0 Å².